The fraction of sp³-hybridized carbons (Fsp3) is 0.231. The van der Waals surface area contributed by atoms with Gasteiger partial charge in [0.25, 0.3) is 5.91 Å². The van der Waals surface area contributed by atoms with Crippen LogP contribution in [0.2, 0.25) is 5.02 Å². The van der Waals surface area contributed by atoms with Crippen LogP contribution in [-0.2, 0) is 13.3 Å². The molecule has 0 fully saturated rings. The first kappa shape index (κ1) is 23.4. The van der Waals surface area contributed by atoms with E-state index in [4.69, 9.17) is 25.5 Å². The smallest absolute Gasteiger partial charge is 0.291 e. The molecular formula is C26H26ClN3O4. The van der Waals surface area contributed by atoms with E-state index in [0.29, 0.717) is 28.1 Å². The van der Waals surface area contributed by atoms with E-state index in [2.05, 4.69) is 36.4 Å². The Labute approximate surface area is 203 Å². The van der Waals surface area contributed by atoms with Gasteiger partial charge < -0.3 is 19.2 Å². The van der Waals surface area contributed by atoms with E-state index in [9.17, 15) is 4.79 Å². The quantitative estimate of drug-likeness (QED) is 0.280. The molecule has 7 nitrogen and oxygen atoms in total. The molecule has 1 atom stereocenters. The molecule has 8 heteroatoms. The number of rotatable bonds is 10. The van der Waals surface area contributed by atoms with Gasteiger partial charge in [-0.1, -0.05) is 43.6 Å². The highest BCUT2D eigenvalue weighted by Gasteiger charge is 2.13. The number of benzene rings is 2. The van der Waals surface area contributed by atoms with Crippen LogP contribution in [0.3, 0.4) is 0 Å². The lowest BCUT2D eigenvalue weighted by Gasteiger charge is -2.10. The van der Waals surface area contributed by atoms with Crippen molar-refractivity contribution in [1.82, 2.24) is 9.78 Å². The van der Waals surface area contributed by atoms with Crippen molar-refractivity contribution in [3.8, 4) is 11.5 Å². The Morgan fingerprint density at radius 2 is 1.94 bits per heavy atom. The Bertz CT molecular complexity index is 1230. The lowest BCUT2D eigenvalue weighted by molar-refractivity contribution is 0.0992. The third-order valence-electron chi connectivity index (χ3n) is 5.38. The molecule has 2 aromatic heterocycles. The van der Waals surface area contributed by atoms with Gasteiger partial charge in [0, 0.05) is 5.02 Å². The first-order chi connectivity index (χ1) is 16.5. The Morgan fingerprint density at radius 3 is 2.71 bits per heavy atom. The largest absolute Gasteiger partial charge is 0.486 e. The second-order valence-corrected chi connectivity index (χ2v) is 8.32. The van der Waals surface area contributed by atoms with Gasteiger partial charge in [0.05, 0.1) is 18.1 Å². The SMILES string of the molecule is CCC(C)c1ccc(OCc2ccc(C(=O)Nc3cnn(COc4cccc(Cl)c4)c3)o2)cc1. The monoisotopic (exact) mass is 479 g/mol. The summed E-state index contributed by atoms with van der Waals surface area (Å²) in [6.07, 6.45) is 4.29. The number of hydrogen-bond acceptors (Lipinski definition) is 5. The van der Waals surface area contributed by atoms with Crippen molar-refractivity contribution in [2.45, 2.75) is 39.5 Å². The van der Waals surface area contributed by atoms with Gasteiger partial charge in [-0.05, 0) is 60.4 Å². The fourth-order valence-corrected chi connectivity index (χ4v) is 3.43. The number of aromatic nitrogens is 2. The molecule has 0 saturated carbocycles. The summed E-state index contributed by atoms with van der Waals surface area (Å²) in [7, 11) is 0. The van der Waals surface area contributed by atoms with Crippen LogP contribution in [0.15, 0.2) is 77.5 Å². The number of carbonyl (C=O) groups is 1. The van der Waals surface area contributed by atoms with E-state index in [0.717, 1.165) is 12.2 Å². The van der Waals surface area contributed by atoms with Gasteiger partial charge in [0.15, 0.2) is 12.5 Å². The standard InChI is InChI=1S/C26H26ClN3O4/c1-3-18(2)19-7-9-22(10-8-19)32-16-24-11-12-25(34-24)26(31)29-21-14-28-30(15-21)17-33-23-6-4-5-20(27)13-23/h4-15,18H,3,16-17H2,1-2H3,(H,29,31). The van der Waals surface area contributed by atoms with Crippen molar-refractivity contribution in [1.29, 1.82) is 0 Å². The van der Waals surface area contributed by atoms with E-state index < -0.39 is 0 Å². The van der Waals surface area contributed by atoms with Gasteiger partial charge in [-0.15, -0.1) is 0 Å². The van der Waals surface area contributed by atoms with Crippen LogP contribution in [0, 0.1) is 0 Å². The van der Waals surface area contributed by atoms with Crippen LogP contribution >= 0.6 is 11.6 Å². The average Bonchev–Trinajstić information content (AvgIpc) is 3.51. The number of carbonyl (C=O) groups excluding carboxylic acids is 1. The molecule has 34 heavy (non-hydrogen) atoms. The number of hydrogen-bond donors (Lipinski definition) is 1. The van der Waals surface area contributed by atoms with Crippen molar-refractivity contribution in [3.05, 3.63) is 95.2 Å². The Hall–Kier alpha value is -3.71. The topological polar surface area (TPSA) is 78.5 Å². The Morgan fingerprint density at radius 1 is 1.12 bits per heavy atom. The first-order valence-corrected chi connectivity index (χ1v) is 11.4. The van der Waals surface area contributed by atoms with Crippen molar-refractivity contribution in [3.63, 3.8) is 0 Å². The molecule has 0 aliphatic rings. The molecule has 4 aromatic rings. The van der Waals surface area contributed by atoms with Gasteiger partial charge in [-0.3, -0.25) is 4.79 Å². The molecular weight excluding hydrogens is 454 g/mol. The molecule has 0 aliphatic heterocycles. The molecule has 1 unspecified atom stereocenters. The Kier molecular flexibility index (Phi) is 7.54. The number of ether oxygens (including phenoxy) is 2. The van der Waals surface area contributed by atoms with Gasteiger partial charge in [-0.25, -0.2) is 4.68 Å². The summed E-state index contributed by atoms with van der Waals surface area (Å²) in [6.45, 7) is 4.78. The maximum Gasteiger partial charge on any atom is 0.291 e. The molecule has 0 spiro atoms. The zero-order chi connectivity index (χ0) is 23.9. The third-order valence-corrected chi connectivity index (χ3v) is 5.61. The van der Waals surface area contributed by atoms with Crippen LogP contribution in [0.4, 0.5) is 5.69 Å². The molecule has 176 valence electrons. The second-order valence-electron chi connectivity index (χ2n) is 7.89. The molecule has 1 N–H and O–H groups in total. The normalized spacial score (nSPS) is 11.7. The van der Waals surface area contributed by atoms with Gasteiger partial charge in [0.1, 0.15) is 23.9 Å². The van der Waals surface area contributed by atoms with Gasteiger partial charge in [-0.2, -0.15) is 5.10 Å². The van der Waals surface area contributed by atoms with Crippen molar-refractivity contribution in [2.24, 2.45) is 0 Å². The summed E-state index contributed by atoms with van der Waals surface area (Å²) < 4.78 is 18.6. The number of halogens is 1. The highest BCUT2D eigenvalue weighted by Crippen LogP contribution is 2.22. The fourth-order valence-electron chi connectivity index (χ4n) is 3.25. The predicted molar refractivity (Wildman–Crippen MR) is 130 cm³/mol. The predicted octanol–water partition coefficient (Wildman–Crippen LogP) is 6.51. The number of amides is 1. The van der Waals surface area contributed by atoms with Crippen molar-refractivity contribution < 1.29 is 18.7 Å². The molecule has 1 amide bonds. The summed E-state index contributed by atoms with van der Waals surface area (Å²) in [5.74, 6) is 2.27. The van der Waals surface area contributed by atoms with Crippen LogP contribution < -0.4 is 14.8 Å². The van der Waals surface area contributed by atoms with Crippen LogP contribution in [0.5, 0.6) is 11.5 Å². The number of nitrogens with one attached hydrogen (secondary N) is 1. The molecule has 0 radical (unpaired) electrons. The average molecular weight is 480 g/mol. The van der Waals surface area contributed by atoms with E-state index >= 15 is 0 Å². The maximum absolute atomic E-state index is 12.5. The third kappa shape index (κ3) is 6.20. The molecule has 2 aromatic carbocycles. The van der Waals surface area contributed by atoms with Crippen molar-refractivity contribution in [2.75, 3.05) is 5.32 Å². The molecule has 2 heterocycles. The zero-order valence-corrected chi connectivity index (χ0v) is 19.8. The summed E-state index contributed by atoms with van der Waals surface area (Å²) in [6, 6.07) is 18.5. The van der Waals surface area contributed by atoms with Gasteiger partial charge >= 0.3 is 0 Å². The van der Waals surface area contributed by atoms with Crippen LogP contribution in [0.25, 0.3) is 0 Å². The minimum Gasteiger partial charge on any atom is -0.486 e. The molecule has 4 rings (SSSR count). The first-order valence-electron chi connectivity index (χ1n) is 11.0. The lowest BCUT2D eigenvalue weighted by Crippen LogP contribution is -2.10. The molecule has 0 saturated heterocycles. The summed E-state index contributed by atoms with van der Waals surface area (Å²) in [5.41, 5.74) is 1.81. The van der Waals surface area contributed by atoms with Crippen LogP contribution in [0.1, 0.15) is 48.1 Å². The van der Waals surface area contributed by atoms with E-state index in [1.807, 2.05) is 12.1 Å². The number of furan rings is 1. The lowest BCUT2D eigenvalue weighted by atomic mass is 9.99. The van der Waals surface area contributed by atoms with Crippen molar-refractivity contribution >= 4 is 23.2 Å². The number of nitrogens with zero attached hydrogens (tertiary/aromatic N) is 2. The second kappa shape index (κ2) is 10.9. The minimum absolute atomic E-state index is 0.177. The highest BCUT2D eigenvalue weighted by molar-refractivity contribution is 6.30. The van der Waals surface area contributed by atoms with E-state index in [1.54, 1.807) is 47.3 Å². The van der Waals surface area contributed by atoms with E-state index in [-0.39, 0.29) is 25.0 Å². The minimum atomic E-state index is -0.375. The zero-order valence-electron chi connectivity index (χ0n) is 19.0. The molecule has 0 aliphatic carbocycles. The summed E-state index contributed by atoms with van der Waals surface area (Å²) >= 11 is 5.95. The molecule has 0 bridgehead atoms. The summed E-state index contributed by atoms with van der Waals surface area (Å²) in [4.78, 5) is 12.5. The maximum atomic E-state index is 12.5. The highest BCUT2D eigenvalue weighted by atomic mass is 35.5. The van der Waals surface area contributed by atoms with Gasteiger partial charge in [0.2, 0.25) is 0 Å². The van der Waals surface area contributed by atoms with Crippen LogP contribution in [-0.4, -0.2) is 15.7 Å². The summed E-state index contributed by atoms with van der Waals surface area (Å²) in [5, 5.41) is 7.54. The Balaban J connectivity index is 1.27. The number of anilines is 1. The van der Waals surface area contributed by atoms with E-state index in [1.165, 1.54) is 11.8 Å².